The Morgan fingerprint density at radius 2 is 2.20 bits per heavy atom. The molecule has 0 saturated carbocycles. The molecular weight excluding hydrogens is 322 g/mol. The number of aryl methyl sites for hydroxylation is 2. The molecule has 3 aromatic heterocycles. The lowest BCUT2D eigenvalue weighted by atomic mass is 10.1. The Bertz CT molecular complexity index is 931. The van der Waals surface area contributed by atoms with Crippen molar-refractivity contribution in [3.63, 3.8) is 0 Å². The second-order valence-electron chi connectivity index (χ2n) is 6.30. The van der Waals surface area contributed by atoms with E-state index in [0.29, 0.717) is 30.2 Å². The van der Waals surface area contributed by atoms with Crippen molar-refractivity contribution in [3.8, 4) is 0 Å². The van der Waals surface area contributed by atoms with Crippen LogP contribution in [0.4, 0.5) is 0 Å². The molecule has 130 valence electrons. The van der Waals surface area contributed by atoms with Crippen LogP contribution in [0.15, 0.2) is 29.1 Å². The molecule has 8 heteroatoms. The molecule has 1 amide bonds. The summed E-state index contributed by atoms with van der Waals surface area (Å²) in [7, 11) is 1.66. The molecule has 25 heavy (non-hydrogen) atoms. The normalized spacial score (nSPS) is 20.5. The van der Waals surface area contributed by atoms with E-state index in [1.165, 1.54) is 0 Å². The van der Waals surface area contributed by atoms with E-state index in [1.807, 2.05) is 24.3 Å². The smallest absolute Gasteiger partial charge is 0.290 e. The van der Waals surface area contributed by atoms with Gasteiger partial charge in [-0.3, -0.25) is 14.2 Å². The number of aromatic nitrogens is 4. The van der Waals surface area contributed by atoms with Crippen LogP contribution in [0.5, 0.6) is 0 Å². The van der Waals surface area contributed by atoms with Gasteiger partial charge >= 0.3 is 0 Å². The molecule has 0 unspecified atom stereocenters. The zero-order valence-corrected chi connectivity index (χ0v) is 14.3. The number of methoxy groups -OCH3 is 1. The maximum atomic E-state index is 13.1. The van der Waals surface area contributed by atoms with Crippen LogP contribution >= 0.6 is 0 Å². The molecule has 4 heterocycles. The first-order valence-corrected chi connectivity index (χ1v) is 8.14. The van der Waals surface area contributed by atoms with Gasteiger partial charge < -0.3 is 14.1 Å². The maximum absolute atomic E-state index is 13.1. The number of hydrogen-bond acceptors (Lipinski definition) is 6. The molecule has 0 bridgehead atoms. The molecule has 1 saturated heterocycles. The highest BCUT2D eigenvalue weighted by Crippen LogP contribution is 2.34. The average Bonchev–Trinajstić information content (AvgIpc) is 3.30. The molecule has 0 radical (unpaired) electrons. The number of carbonyl (C=O) groups excluding carboxylic acids is 1. The summed E-state index contributed by atoms with van der Waals surface area (Å²) < 4.78 is 13.0. The van der Waals surface area contributed by atoms with E-state index in [-0.39, 0.29) is 18.1 Å². The highest BCUT2D eigenvalue weighted by atomic mass is 16.5. The lowest BCUT2D eigenvalue weighted by Crippen LogP contribution is -2.33. The van der Waals surface area contributed by atoms with Gasteiger partial charge in [0.1, 0.15) is 5.76 Å². The van der Waals surface area contributed by atoms with Crippen LogP contribution in [0.1, 0.15) is 40.2 Å². The number of hydrogen-bond donors (Lipinski definition) is 0. The third-order valence-corrected chi connectivity index (χ3v) is 4.63. The van der Waals surface area contributed by atoms with Gasteiger partial charge in [-0.05, 0) is 19.9 Å². The van der Waals surface area contributed by atoms with Gasteiger partial charge in [-0.1, -0.05) is 0 Å². The van der Waals surface area contributed by atoms with E-state index in [2.05, 4.69) is 15.2 Å². The van der Waals surface area contributed by atoms with Gasteiger partial charge in [-0.25, -0.2) is 0 Å². The van der Waals surface area contributed by atoms with Crippen LogP contribution in [-0.4, -0.2) is 50.1 Å². The van der Waals surface area contributed by atoms with E-state index in [1.54, 1.807) is 30.6 Å². The number of furan rings is 1. The molecule has 8 nitrogen and oxygen atoms in total. The highest BCUT2D eigenvalue weighted by Gasteiger charge is 2.40. The number of likely N-dealkylation sites (tertiary alicyclic amines) is 1. The van der Waals surface area contributed by atoms with Crippen LogP contribution in [0.3, 0.4) is 0 Å². The molecule has 3 aromatic rings. The van der Waals surface area contributed by atoms with Crippen molar-refractivity contribution >= 4 is 11.6 Å². The highest BCUT2D eigenvalue weighted by molar-refractivity contribution is 5.93. The number of fused-ring (bicyclic) bond motifs is 1. The lowest BCUT2D eigenvalue weighted by molar-refractivity contribution is 0.0651. The minimum Gasteiger partial charge on any atom is -0.456 e. The van der Waals surface area contributed by atoms with Crippen molar-refractivity contribution in [1.29, 1.82) is 0 Å². The van der Waals surface area contributed by atoms with Crippen LogP contribution in [0, 0.1) is 13.8 Å². The lowest BCUT2D eigenvalue weighted by Gasteiger charge is -2.22. The first-order valence-electron chi connectivity index (χ1n) is 8.14. The Balaban J connectivity index is 1.74. The van der Waals surface area contributed by atoms with E-state index in [9.17, 15) is 4.79 Å². The second kappa shape index (κ2) is 5.96. The SMILES string of the molecule is CO[C@@H]1C[C@@H](c2nnc3cnccn23)N(C(=O)c2oc(C)cc2C)C1. The summed E-state index contributed by atoms with van der Waals surface area (Å²) in [6.07, 6.45) is 5.72. The van der Waals surface area contributed by atoms with Crippen LogP contribution in [0.2, 0.25) is 0 Å². The molecule has 0 N–H and O–H groups in total. The van der Waals surface area contributed by atoms with Crippen molar-refractivity contribution in [3.05, 3.63) is 47.6 Å². The number of ether oxygens (including phenoxy) is 1. The van der Waals surface area contributed by atoms with Gasteiger partial charge in [0.05, 0.1) is 18.3 Å². The largest absolute Gasteiger partial charge is 0.456 e. The van der Waals surface area contributed by atoms with Gasteiger partial charge in [-0.2, -0.15) is 0 Å². The molecule has 2 atom stereocenters. The minimum absolute atomic E-state index is 0.0560. The first kappa shape index (κ1) is 15.8. The maximum Gasteiger partial charge on any atom is 0.290 e. The zero-order valence-electron chi connectivity index (χ0n) is 14.3. The first-order chi connectivity index (χ1) is 12.1. The quantitative estimate of drug-likeness (QED) is 0.724. The molecule has 1 aliphatic heterocycles. The van der Waals surface area contributed by atoms with Crippen molar-refractivity contribution in [2.24, 2.45) is 0 Å². The number of amides is 1. The summed E-state index contributed by atoms with van der Waals surface area (Å²) >= 11 is 0. The standard InChI is InChI=1S/C17H19N5O3/c1-10-6-11(2)25-15(10)17(23)22-9-12(24-3)7-13(22)16-20-19-14-8-18-4-5-21(14)16/h4-6,8,12-13H,7,9H2,1-3H3/t12-,13+/m1/s1. The predicted octanol–water partition coefficient (Wildman–Crippen LogP) is 1.94. The number of carbonyl (C=O) groups is 1. The fourth-order valence-electron chi connectivity index (χ4n) is 3.42. The van der Waals surface area contributed by atoms with E-state index in [4.69, 9.17) is 9.15 Å². The third-order valence-electron chi connectivity index (χ3n) is 4.63. The molecule has 4 rings (SSSR count). The molecule has 1 fully saturated rings. The van der Waals surface area contributed by atoms with Gasteiger partial charge in [0.15, 0.2) is 17.2 Å². The van der Waals surface area contributed by atoms with Gasteiger partial charge in [-0.15, -0.1) is 10.2 Å². The van der Waals surface area contributed by atoms with E-state index in [0.717, 1.165) is 11.3 Å². The topological polar surface area (TPSA) is 85.8 Å². The summed E-state index contributed by atoms with van der Waals surface area (Å²) in [5.41, 5.74) is 1.48. The summed E-state index contributed by atoms with van der Waals surface area (Å²) in [6, 6.07) is 1.63. The zero-order chi connectivity index (χ0) is 17.6. The molecule has 0 spiro atoms. The Labute approximate surface area is 144 Å². The molecule has 0 aromatic carbocycles. The van der Waals surface area contributed by atoms with Crippen LogP contribution in [-0.2, 0) is 4.74 Å². The van der Waals surface area contributed by atoms with Gasteiger partial charge in [0.25, 0.3) is 5.91 Å². The second-order valence-corrected chi connectivity index (χ2v) is 6.30. The monoisotopic (exact) mass is 341 g/mol. The van der Waals surface area contributed by atoms with E-state index < -0.39 is 0 Å². The van der Waals surface area contributed by atoms with Crippen LogP contribution < -0.4 is 0 Å². The molecule has 0 aliphatic carbocycles. The van der Waals surface area contributed by atoms with Crippen molar-refractivity contribution in [1.82, 2.24) is 24.5 Å². The molecular formula is C17H19N5O3. The summed E-state index contributed by atoms with van der Waals surface area (Å²) in [6.45, 7) is 4.20. The Morgan fingerprint density at radius 1 is 1.36 bits per heavy atom. The third kappa shape index (κ3) is 2.58. The van der Waals surface area contributed by atoms with Crippen molar-refractivity contribution < 1.29 is 13.9 Å². The fraction of sp³-hybridized carbons (Fsp3) is 0.412. The fourth-order valence-corrected chi connectivity index (χ4v) is 3.42. The van der Waals surface area contributed by atoms with Crippen LogP contribution in [0.25, 0.3) is 5.65 Å². The van der Waals surface area contributed by atoms with Gasteiger partial charge in [0.2, 0.25) is 0 Å². The van der Waals surface area contributed by atoms with Crippen molar-refractivity contribution in [2.75, 3.05) is 13.7 Å². The summed E-state index contributed by atoms with van der Waals surface area (Å²) in [5, 5.41) is 8.44. The van der Waals surface area contributed by atoms with Gasteiger partial charge in [0, 0.05) is 38.0 Å². The minimum atomic E-state index is -0.236. The number of rotatable bonds is 3. The Hall–Kier alpha value is -2.74. The number of nitrogens with zero attached hydrogens (tertiary/aromatic N) is 5. The summed E-state index contributed by atoms with van der Waals surface area (Å²) in [4.78, 5) is 18.9. The van der Waals surface area contributed by atoms with E-state index >= 15 is 0 Å². The van der Waals surface area contributed by atoms with Crippen molar-refractivity contribution in [2.45, 2.75) is 32.4 Å². The average molecular weight is 341 g/mol. The molecule has 1 aliphatic rings. The predicted molar refractivity (Wildman–Crippen MR) is 88.2 cm³/mol. The Morgan fingerprint density at radius 3 is 2.92 bits per heavy atom. The summed E-state index contributed by atoms with van der Waals surface area (Å²) in [5.74, 6) is 1.64. The Kier molecular flexibility index (Phi) is 3.76.